The number of carbonyl (C=O) groups is 1. The number of rotatable bonds is 2. The standard InChI is InChI=1S/C16H13ClO3/c1-9-7-12(14(19-2)8-13(9)17)15-10-5-3-4-6-11(10)16(18)20-15/h3-8,15H,1-2H3. The zero-order valence-electron chi connectivity index (χ0n) is 11.1. The second-order valence-corrected chi connectivity index (χ2v) is 5.12. The molecule has 0 amide bonds. The molecule has 0 saturated heterocycles. The van der Waals surface area contributed by atoms with Gasteiger partial charge in [0.05, 0.1) is 12.7 Å². The van der Waals surface area contributed by atoms with Gasteiger partial charge < -0.3 is 9.47 Å². The maximum absolute atomic E-state index is 11.9. The zero-order chi connectivity index (χ0) is 14.3. The van der Waals surface area contributed by atoms with Crippen molar-refractivity contribution >= 4 is 17.6 Å². The Morgan fingerprint density at radius 1 is 1.20 bits per heavy atom. The summed E-state index contributed by atoms with van der Waals surface area (Å²) in [7, 11) is 1.58. The number of ether oxygens (including phenoxy) is 2. The third-order valence-corrected chi connectivity index (χ3v) is 3.89. The van der Waals surface area contributed by atoms with Gasteiger partial charge in [-0.15, -0.1) is 0 Å². The quantitative estimate of drug-likeness (QED) is 0.786. The first kappa shape index (κ1) is 13.0. The van der Waals surface area contributed by atoms with E-state index in [1.165, 1.54) is 0 Å². The largest absolute Gasteiger partial charge is 0.496 e. The van der Waals surface area contributed by atoms with Gasteiger partial charge in [0, 0.05) is 16.1 Å². The molecule has 0 aliphatic carbocycles. The van der Waals surface area contributed by atoms with Crippen LogP contribution in [0.25, 0.3) is 0 Å². The highest BCUT2D eigenvalue weighted by Crippen LogP contribution is 2.41. The van der Waals surface area contributed by atoms with Gasteiger partial charge in [0.2, 0.25) is 0 Å². The van der Waals surface area contributed by atoms with Crippen LogP contribution in [-0.2, 0) is 4.74 Å². The van der Waals surface area contributed by atoms with Crippen molar-refractivity contribution in [2.75, 3.05) is 7.11 Å². The number of carbonyl (C=O) groups excluding carboxylic acids is 1. The van der Waals surface area contributed by atoms with E-state index in [4.69, 9.17) is 21.1 Å². The minimum absolute atomic E-state index is 0.305. The van der Waals surface area contributed by atoms with Gasteiger partial charge in [0.1, 0.15) is 5.75 Å². The number of fused-ring (bicyclic) bond motifs is 1. The zero-order valence-corrected chi connectivity index (χ0v) is 11.9. The molecule has 20 heavy (non-hydrogen) atoms. The molecule has 4 heteroatoms. The van der Waals surface area contributed by atoms with E-state index in [1.54, 1.807) is 19.2 Å². The molecule has 0 fully saturated rings. The van der Waals surface area contributed by atoms with Crippen molar-refractivity contribution in [2.45, 2.75) is 13.0 Å². The van der Waals surface area contributed by atoms with E-state index >= 15 is 0 Å². The van der Waals surface area contributed by atoms with Crippen LogP contribution >= 0.6 is 11.6 Å². The van der Waals surface area contributed by atoms with E-state index in [2.05, 4.69) is 0 Å². The fourth-order valence-electron chi connectivity index (χ4n) is 2.44. The van der Waals surface area contributed by atoms with Crippen LogP contribution in [0.5, 0.6) is 5.75 Å². The molecule has 1 aliphatic heterocycles. The molecule has 0 aromatic heterocycles. The first-order valence-electron chi connectivity index (χ1n) is 6.25. The average molecular weight is 289 g/mol. The lowest BCUT2D eigenvalue weighted by molar-refractivity contribution is 0.0452. The summed E-state index contributed by atoms with van der Waals surface area (Å²) in [5.41, 5.74) is 3.19. The Balaban J connectivity index is 2.16. The first-order chi connectivity index (χ1) is 9.61. The van der Waals surface area contributed by atoms with Crippen molar-refractivity contribution in [3.63, 3.8) is 0 Å². The lowest BCUT2D eigenvalue weighted by Crippen LogP contribution is -2.04. The summed E-state index contributed by atoms with van der Waals surface area (Å²) < 4.78 is 10.9. The topological polar surface area (TPSA) is 35.5 Å². The SMILES string of the molecule is COc1cc(Cl)c(C)cc1C1OC(=O)c2ccccc21. The molecule has 3 nitrogen and oxygen atoms in total. The Bertz CT molecular complexity index is 694. The first-order valence-corrected chi connectivity index (χ1v) is 6.63. The van der Waals surface area contributed by atoms with Crippen LogP contribution in [0.3, 0.4) is 0 Å². The van der Waals surface area contributed by atoms with E-state index < -0.39 is 6.10 Å². The summed E-state index contributed by atoms with van der Waals surface area (Å²) in [4.78, 5) is 11.9. The normalized spacial score (nSPS) is 16.8. The van der Waals surface area contributed by atoms with E-state index in [-0.39, 0.29) is 5.97 Å². The molecule has 1 unspecified atom stereocenters. The van der Waals surface area contributed by atoms with Gasteiger partial charge in [-0.2, -0.15) is 0 Å². The number of aryl methyl sites for hydroxylation is 1. The molecule has 0 radical (unpaired) electrons. The van der Waals surface area contributed by atoms with Crippen LogP contribution in [0.2, 0.25) is 5.02 Å². The molecule has 2 aromatic carbocycles. The van der Waals surface area contributed by atoms with Crippen molar-refractivity contribution in [3.05, 3.63) is 63.7 Å². The minimum Gasteiger partial charge on any atom is -0.496 e. The number of hydrogen-bond acceptors (Lipinski definition) is 3. The monoisotopic (exact) mass is 288 g/mol. The highest BCUT2D eigenvalue weighted by Gasteiger charge is 2.33. The highest BCUT2D eigenvalue weighted by molar-refractivity contribution is 6.31. The van der Waals surface area contributed by atoms with E-state index in [1.807, 2.05) is 31.2 Å². The lowest BCUT2D eigenvalue weighted by Gasteiger charge is -2.16. The van der Waals surface area contributed by atoms with Crippen molar-refractivity contribution in [1.82, 2.24) is 0 Å². The molecule has 0 bridgehead atoms. The summed E-state index contributed by atoms with van der Waals surface area (Å²) in [6.07, 6.45) is -0.440. The molecule has 1 aliphatic rings. The third-order valence-electron chi connectivity index (χ3n) is 3.48. The Labute approximate surface area is 122 Å². The Morgan fingerprint density at radius 3 is 2.70 bits per heavy atom. The van der Waals surface area contributed by atoms with Crippen molar-refractivity contribution in [2.24, 2.45) is 0 Å². The molecule has 0 N–H and O–H groups in total. The Morgan fingerprint density at radius 2 is 1.95 bits per heavy atom. The van der Waals surface area contributed by atoms with Gasteiger partial charge in [0.25, 0.3) is 0 Å². The molecule has 0 saturated carbocycles. The van der Waals surface area contributed by atoms with E-state index in [0.717, 1.165) is 16.7 Å². The summed E-state index contributed by atoms with van der Waals surface area (Å²) in [5, 5.41) is 0.628. The van der Waals surface area contributed by atoms with Gasteiger partial charge in [0.15, 0.2) is 6.10 Å². The van der Waals surface area contributed by atoms with Gasteiger partial charge >= 0.3 is 5.97 Å². The third kappa shape index (κ3) is 1.95. The second kappa shape index (κ2) is 4.84. The molecular weight excluding hydrogens is 276 g/mol. The van der Waals surface area contributed by atoms with Gasteiger partial charge in [-0.25, -0.2) is 4.79 Å². The van der Waals surface area contributed by atoms with Crippen LogP contribution in [0.4, 0.5) is 0 Å². The number of hydrogen-bond donors (Lipinski definition) is 0. The molecule has 2 aromatic rings. The predicted molar refractivity (Wildman–Crippen MR) is 76.4 cm³/mol. The number of methoxy groups -OCH3 is 1. The summed E-state index contributed by atoms with van der Waals surface area (Å²) >= 11 is 6.11. The maximum atomic E-state index is 11.9. The molecule has 3 rings (SSSR count). The number of esters is 1. The number of cyclic esters (lactones) is 1. The van der Waals surface area contributed by atoms with Crippen LogP contribution < -0.4 is 4.74 Å². The second-order valence-electron chi connectivity index (χ2n) is 4.72. The fourth-order valence-corrected chi connectivity index (χ4v) is 2.60. The van der Waals surface area contributed by atoms with Crippen LogP contribution in [0.1, 0.15) is 33.2 Å². The van der Waals surface area contributed by atoms with E-state index in [9.17, 15) is 4.79 Å². The Kier molecular flexibility index (Phi) is 3.14. The molecule has 102 valence electrons. The van der Waals surface area contributed by atoms with Gasteiger partial charge in [-0.05, 0) is 30.7 Å². The van der Waals surface area contributed by atoms with Gasteiger partial charge in [-0.1, -0.05) is 29.8 Å². The maximum Gasteiger partial charge on any atom is 0.339 e. The van der Waals surface area contributed by atoms with Crippen LogP contribution in [0.15, 0.2) is 36.4 Å². The van der Waals surface area contributed by atoms with E-state index in [0.29, 0.717) is 16.3 Å². The highest BCUT2D eigenvalue weighted by atomic mass is 35.5. The molecule has 0 spiro atoms. The fraction of sp³-hybridized carbons (Fsp3) is 0.188. The number of benzene rings is 2. The smallest absolute Gasteiger partial charge is 0.339 e. The average Bonchev–Trinajstić information content (AvgIpc) is 2.79. The Hall–Kier alpha value is -2.00. The minimum atomic E-state index is -0.440. The number of halogens is 1. The summed E-state index contributed by atoms with van der Waals surface area (Å²) in [5.74, 6) is 0.315. The molecule has 1 heterocycles. The van der Waals surface area contributed by atoms with Crippen molar-refractivity contribution in [3.8, 4) is 5.75 Å². The van der Waals surface area contributed by atoms with Gasteiger partial charge in [-0.3, -0.25) is 0 Å². The molecular formula is C16H13ClO3. The summed E-state index contributed by atoms with van der Waals surface area (Å²) in [6, 6.07) is 11.0. The van der Waals surface area contributed by atoms with Crippen molar-refractivity contribution < 1.29 is 14.3 Å². The molecule has 1 atom stereocenters. The van der Waals surface area contributed by atoms with Crippen molar-refractivity contribution in [1.29, 1.82) is 0 Å². The van der Waals surface area contributed by atoms with Crippen LogP contribution in [-0.4, -0.2) is 13.1 Å². The van der Waals surface area contributed by atoms with Crippen LogP contribution in [0, 0.1) is 6.92 Å². The predicted octanol–water partition coefficient (Wildman–Crippen LogP) is 3.92. The lowest BCUT2D eigenvalue weighted by atomic mass is 9.97. The summed E-state index contributed by atoms with van der Waals surface area (Å²) in [6.45, 7) is 1.91.